The highest BCUT2D eigenvalue weighted by atomic mass is 32.2. The van der Waals surface area contributed by atoms with Crippen LogP contribution in [0.3, 0.4) is 0 Å². The van der Waals surface area contributed by atoms with Crippen LogP contribution >= 0.6 is 0 Å². The molecule has 5 nitrogen and oxygen atoms in total. The maximum absolute atomic E-state index is 13.4. The molecule has 0 aliphatic heterocycles. The van der Waals surface area contributed by atoms with Crippen LogP contribution in [-0.2, 0) is 16.4 Å². The molecule has 0 saturated heterocycles. The molecule has 0 heterocycles. The maximum Gasteiger partial charge on any atom is 0.254 e. The molecule has 0 aromatic heterocycles. The van der Waals surface area contributed by atoms with Crippen LogP contribution < -0.4 is 0 Å². The molecule has 6 heteroatoms. The van der Waals surface area contributed by atoms with E-state index in [9.17, 15) is 18.3 Å². The Hall–Kier alpha value is -3.12. The van der Waals surface area contributed by atoms with Gasteiger partial charge in [0.1, 0.15) is 5.75 Å². The SMILES string of the molecule is CCS(=O)(=O)c1ccc(C(=O)N(Cc2ccccc2O)C(C)c2ccccc2)cc1. The molecule has 30 heavy (non-hydrogen) atoms. The first-order chi connectivity index (χ1) is 14.3. The van der Waals surface area contributed by atoms with Gasteiger partial charge in [-0.15, -0.1) is 0 Å². The van der Waals surface area contributed by atoms with Gasteiger partial charge in [0.25, 0.3) is 5.91 Å². The first kappa shape index (κ1) is 21.6. The summed E-state index contributed by atoms with van der Waals surface area (Å²) in [6, 6.07) is 22.3. The molecular formula is C24H25NO4S. The number of sulfone groups is 1. The summed E-state index contributed by atoms with van der Waals surface area (Å²) in [4.78, 5) is 15.3. The molecule has 156 valence electrons. The highest BCUT2D eigenvalue weighted by Crippen LogP contribution is 2.27. The number of amides is 1. The molecule has 0 saturated carbocycles. The largest absolute Gasteiger partial charge is 0.508 e. The zero-order chi connectivity index (χ0) is 21.7. The molecule has 3 aromatic rings. The van der Waals surface area contributed by atoms with Crippen LogP contribution in [0.4, 0.5) is 0 Å². The number of rotatable bonds is 7. The molecule has 0 aliphatic rings. The number of phenols is 1. The monoisotopic (exact) mass is 423 g/mol. The van der Waals surface area contributed by atoms with Crippen LogP contribution in [0.2, 0.25) is 0 Å². The second-order valence-corrected chi connectivity index (χ2v) is 9.35. The van der Waals surface area contributed by atoms with Crippen molar-refractivity contribution < 1.29 is 18.3 Å². The van der Waals surface area contributed by atoms with E-state index in [0.717, 1.165) is 5.56 Å². The van der Waals surface area contributed by atoms with Crippen LogP contribution in [-0.4, -0.2) is 30.1 Å². The van der Waals surface area contributed by atoms with E-state index >= 15 is 0 Å². The number of para-hydroxylation sites is 1. The van der Waals surface area contributed by atoms with Gasteiger partial charge in [-0.3, -0.25) is 4.79 Å². The van der Waals surface area contributed by atoms with Crippen molar-refractivity contribution in [2.24, 2.45) is 0 Å². The summed E-state index contributed by atoms with van der Waals surface area (Å²) >= 11 is 0. The molecule has 0 bridgehead atoms. The van der Waals surface area contributed by atoms with Crippen LogP contribution in [0, 0.1) is 0 Å². The molecule has 3 rings (SSSR count). The van der Waals surface area contributed by atoms with E-state index < -0.39 is 9.84 Å². The molecule has 0 fully saturated rings. The Morgan fingerprint density at radius 2 is 1.53 bits per heavy atom. The van der Waals surface area contributed by atoms with E-state index in [2.05, 4.69) is 0 Å². The number of carbonyl (C=O) groups is 1. The van der Waals surface area contributed by atoms with Gasteiger partial charge in [0.05, 0.1) is 23.2 Å². The first-order valence-corrected chi connectivity index (χ1v) is 11.4. The molecule has 1 unspecified atom stereocenters. The van der Waals surface area contributed by atoms with E-state index in [-0.39, 0.29) is 34.9 Å². The Bertz CT molecular complexity index is 1110. The lowest BCUT2D eigenvalue weighted by Gasteiger charge is -2.30. The number of hydrogen-bond donors (Lipinski definition) is 1. The summed E-state index contributed by atoms with van der Waals surface area (Å²) in [6.07, 6.45) is 0. The van der Waals surface area contributed by atoms with E-state index in [1.165, 1.54) is 12.1 Å². The zero-order valence-electron chi connectivity index (χ0n) is 17.0. The normalized spacial score (nSPS) is 12.3. The third-order valence-electron chi connectivity index (χ3n) is 5.18. The molecule has 1 N–H and O–H groups in total. The smallest absolute Gasteiger partial charge is 0.254 e. The fourth-order valence-electron chi connectivity index (χ4n) is 3.26. The minimum atomic E-state index is -3.33. The third kappa shape index (κ3) is 4.71. The number of hydrogen-bond acceptors (Lipinski definition) is 4. The second kappa shape index (κ2) is 9.13. The van der Waals surface area contributed by atoms with Gasteiger partial charge in [0.15, 0.2) is 9.84 Å². The van der Waals surface area contributed by atoms with E-state index in [0.29, 0.717) is 11.1 Å². The van der Waals surface area contributed by atoms with Crippen molar-refractivity contribution in [3.05, 3.63) is 95.6 Å². The van der Waals surface area contributed by atoms with Gasteiger partial charge in [-0.05, 0) is 42.8 Å². The Balaban J connectivity index is 1.96. The number of nitrogens with zero attached hydrogens (tertiary/aromatic N) is 1. The van der Waals surface area contributed by atoms with Crippen molar-refractivity contribution >= 4 is 15.7 Å². The molecule has 1 amide bonds. The van der Waals surface area contributed by atoms with Gasteiger partial charge in [0.2, 0.25) is 0 Å². The average molecular weight is 424 g/mol. The molecule has 3 aromatic carbocycles. The fraction of sp³-hybridized carbons (Fsp3) is 0.208. The number of carbonyl (C=O) groups excluding carboxylic acids is 1. The van der Waals surface area contributed by atoms with Crippen LogP contribution in [0.15, 0.2) is 83.8 Å². The predicted molar refractivity (Wildman–Crippen MR) is 117 cm³/mol. The van der Waals surface area contributed by atoms with Crippen LogP contribution in [0.1, 0.15) is 41.4 Å². The Morgan fingerprint density at radius 1 is 0.933 bits per heavy atom. The van der Waals surface area contributed by atoms with Gasteiger partial charge in [-0.2, -0.15) is 0 Å². The summed E-state index contributed by atoms with van der Waals surface area (Å²) in [5.41, 5.74) is 1.99. The van der Waals surface area contributed by atoms with E-state index in [1.807, 2.05) is 43.3 Å². The van der Waals surface area contributed by atoms with Crippen molar-refractivity contribution in [2.45, 2.75) is 31.3 Å². The standard InChI is InChI=1S/C24H25NO4S/c1-3-30(28,29)22-15-13-20(14-16-22)24(27)25(17-21-11-7-8-12-23(21)26)18(2)19-9-5-4-6-10-19/h4-16,18,26H,3,17H2,1-2H3. The zero-order valence-corrected chi connectivity index (χ0v) is 17.8. The lowest BCUT2D eigenvalue weighted by atomic mass is 10.0. The van der Waals surface area contributed by atoms with Gasteiger partial charge in [-0.1, -0.05) is 55.5 Å². The Morgan fingerprint density at radius 3 is 2.13 bits per heavy atom. The number of phenolic OH excluding ortho intramolecular Hbond substituents is 1. The van der Waals surface area contributed by atoms with Crippen molar-refractivity contribution in [1.29, 1.82) is 0 Å². The lowest BCUT2D eigenvalue weighted by Crippen LogP contribution is -2.33. The minimum absolute atomic E-state index is 0.00471. The minimum Gasteiger partial charge on any atom is -0.508 e. The fourth-order valence-corrected chi connectivity index (χ4v) is 4.15. The number of benzene rings is 3. The van der Waals surface area contributed by atoms with E-state index in [4.69, 9.17) is 0 Å². The third-order valence-corrected chi connectivity index (χ3v) is 6.93. The average Bonchev–Trinajstić information content (AvgIpc) is 2.78. The first-order valence-electron chi connectivity index (χ1n) is 9.79. The Kier molecular flexibility index (Phi) is 6.57. The lowest BCUT2D eigenvalue weighted by molar-refractivity contribution is 0.0673. The highest BCUT2D eigenvalue weighted by molar-refractivity contribution is 7.91. The Labute approximate surface area is 177 Å². The highest BCUT2D eigenvalue weighted by Gasteiger charge is 2.24. The molecule has 0 radical (unpaired) electrons. The quantitative estimate of drug-likeness (QED) is 0.603. The van der Waals surface area contributed by atoms with Gasteiger partial charge in [-0.25, -0.2) is 8.42 Å². The van der Waals surface area contributed by atoms with Crippen molar-refractivity contribution in [1.82, 2.24) is 4.90 Å². The van der Waals surface area contributed by atoms with Gasteiger partial charge >= 0.3 is 0 Å². The summed E-state index contributed by atoms with van der Waals surface area (Å²) in [6.45, 7) is 3.74. The maximum atomic E-state index is 13.4. The van der Waals surface area contributed by atoms with Gasteiger partial charge < -0.3 is 10.0 Å². The summed E-state index contributed by atoms with van der Waals surface area (Å²) in [7, 11) is -3.33. The van der Waals surface area contributed by atoms with Crippen LogP contribution in [0.25, 0.3) is 0 Å². The number of aromatic hydroxyl groups is 1. The molecule has 0 aliphatic carbocycles. The van der Waals surface area contributed by atoms with E-state index in [1.54, 1.807) is 42.2 Å². The topological polar surface area (TPSA) is 74.7 Å². The molecule has 0 spiro atoms. The molecular weight excluding hydrogens is 398 g/mol. The second-order valence-electron chi connectivity index (χ2n) is 7.08. The summed E-state index contributed by atoms with van der Waals surface area (Å²) in [5, 5.41) is 10.2. The van der Waals surface area contributed by atoms with Crippen molar-refractivity contribution in [3.8, 4) is 5.75 Å². The van der Waals surface area contributed by atoms with Crippen molar-refractivity contribution in [3.63, 3.8) is 0 Å². The van der Waals surface area contributed by atoms with Gasteiger partial charge in [0, 0.05) is 11.1 Å². The van der Waals surface area contributed by atoms with Crippen molar-refractivity contribution in [2.75, 3.05) is 5.75 Å². The predicted octanol–water partition coefficient (Wildman–Crippen LogP) is 4.59. The van der Waals surface area contributed by atoms with Crippen LogP contribution in [0.5, 0.6) is 5.75 Å². The summed E-state index contributed by atoms with van der Waals surface area (Å²) < 4.78 is 24.1. The molecule has 1 atom stereocenters. The summed E-state index contributed by atoms with van der Waals surface area (Å²) in [5.74, 6) is -0.111.